The van der Waals surface area contributed by atoms with Crippen molar-refractivity contribution in [1.29, 1.82) is 0 Å². The van der Waals surface area contributed by atoms with Crippen LogP contribution in [0.5, 0.6) is 0 Å². The van der Waals surface area contributed by atoms with Crippen LogP contribution in [0.1, 0.15) is 24.0 Å². The largest absolute Gasteiger partial charge is 0.481 e. The van der Waals surface area contributed by atoms with E-state index >= 15 is 0 Å². The van der Waals surface area contributed by atoms with Crippen LogP contribution < -0.4 is 11.5 Å². The van der Waals surface area contributed by atoms with Crippen molar-refractivity contribution in [2.45, 2.75) is 12.8 Å². The smallest absolute Gasteiger partial charge is 0.303 e. The Morgan fingerprint density at radius 2 is 0.958 bits per heavy atom. The molecule has 6 N–H and O–H groups in total. The van der Waals surface area contributed by atoms with Crippen LogP contribution in [-0.4, -0.2) is 22.2 Å². The van der Waals surface area contributed by atoms with E-state index in [0.717, 1.165) is 11.1 Å². The van der Waals surface area contributed by atoms with Crippen molar-refractivity contribution in [1.82, 2.24) is 0 Å². The van der Waals surface area contributed by atoms with Crippen molar-refractivity contribution < 1.29 is 19.8 Å². The molecule has 6 heteroatoms. The summed E-state index contributed by atoms with van der Waals surface area (Å²) < 4.78 is 0. The molecule has 0 spiro atoms. The summed E-state index contributed by atoms with van der Waals surface area (Å²) in [7, 11) is 0. The number of benzene rings is 2. The van der Waals surface area contributed by atoms with Gasteiger partial charge in [-0.25, -0.2) is 0 Å². The zero-order valence-electron chi connectivity index (χ0n) is 13.1. The lowest BCUT2D eigenvalue weighted by Gasteiger charge is -2.07. The lowest BCUT2D eigenvalue weighted by Crippen LogP contribution is -2.07. The van der Waals surface area contributed by atoms with Crippen molar-refractivity contribution in [2.24, 2.45) is 11.5 Å². The van der Waals surface area contributed by atoms with Gasteiger partial charge in [0, 0.05) is 0 Å². The fourth-order valence-corrected chi connectivity index (χ4v) is 1.76. The van der Waals surface area contributed by atoms with E-state index in [1.54, 1.807) is 0 Å². The molecule has 2 aromatic carbocycles. The summed E-state index contributed by atoms with van der Waals surface area (Å²) in [5.74, 6) is -2.15. The first-order valence-corrected chi connectivity index (χ1v) is 7.21. The average Bonchev–Trinajstić information content (AvgIpc) is 2.61. The molecule has 0 unspecified atom stereocenters. The molecule has 2 aromatic rings. The molecule has 0 aliphatic carbocycles. The maximum absolute atomic E-state index is 9.64. The zero-order valence-corrected chi connectivity index (χ0v) is 13.1. The second-order valence-electron chi connectivity index (χ2n) is 4.85. The highest BCUT2D eigenvalue weighted by atomic mass is 16.4. The Morgan fingerprint density at radius 3 is 1.21 bits per heavy atom. The summed E-state index contributed by atoms with van der Waals surface area (Å²) in [6.45, 7) is 0. The monoisotopic (exact) mass is 328 g/mol. The molecule has 0 heterocycles. The highest BCUT2D eigenvalue weighted by Gasteiger charge is 2.03. The molecular formula is C18H20N2O4. The van der Waals surface area contributed by atoms with Gasteiger partial charge in [-0.15, -0.1) is 0 Å². The summed E-state index contributed by atoms with van der Waals surface area (Å²) in [6.07, 6.45) is -0.593. The van der Waals surface area contributed by atoms with Crippen molar-refractivity contribution >= 4 is 23.3 Å². The molecule has 0 saturated heterocycles. The van der Waals surface area contributed by atoms with Crippen LogP contribution in [0.25, 0.3) is 11.4 Å². The van der Waals surface area contributed by atoms with Crippen LogP contribution in [0.3, 0.4) is 0 Å². The third kappa shape index (κ3) is 6.65. The molecule has 0 atom stereocenters. The Kier molecular flexibility index (Phi) is 7.57. The van der Waals surface area contributed by atoms with E-state index in [0.29, 0.717) is 11.4 Å². The van der Waals surface area contributed by atoms with E-state index in [9.17, 15) is 9.59 Å². The van der Waals surface area contributed by atoms with Crippen molar-refractivity contribution in [3.05, 3.63) is 71.8 Å². The number of rotatable bonds is 5. The second kappa shape index (κ2) is 9.68. The third-order valence-corrected chi connectivity index (χ3v) is 3.01. The molecule has 0 radical (unpaired) electrons. The number of aliphatic carboxylic acids is 2. The first kappa shape index (κ1) is 18.8. The van der Waals surface area contributed by atoms with Gasteiger partial charge in [-0.3, -0.25) is 9.59 Å². The van der Waals surface area contributed by atoms with E-state index < -0.39 is 11.9 Å². The van der Waals surface area contributed by atoms with Crippen molar-refractivity contribution in [3.8, 4) is 0 Å². The van der Waals surface area contributed by atoms with Crippen LogP contribution in [0, 0.1) is 0 Å². The molecule has 2 rings (SSSR count). The first-order valence-electron chi connectivity index (χ1n) is 7.21. The van der Waals surface area contributed by atoms with Crippen LogP contribution >= 0.6 is 0 Å². The SMILES string of the molecule is NC(=C(N)c1ccccc1)c1ccccc1.O=C(O)CCC(=O)O. The van der Waals surface area contributed by atoms with Gasteiger partial charge >= 0.3 is 11.9 Å². The van der Waals surface area contributed by atoms with Gasteiger partial charge in [0.2, 0.25) is 0 Å². The topological polar surface area (TPSA) is 127 Å². The summed E-state index contributed by atoms with van der Waals surface area (Å²) in [4.78, 5) is 19.3. The predicted octanol–water partition coefficient (Wildman–Crippen LogP) is 2.37. The zero-order chi connectivity index (χ0) is 17.9. The fraction of sp³-hybridized carbons (Fsp3) is 0.111. The number of hydrogen-bond donors (Lipinski definition) is 4. The number of carboxylic acid groups (broad SMARTS) is 2. The maximum atomic E-state index is 9.64. The van der Waals surface area contributed by atoms with Crippen molar-refractivity contribution in [2.75, 3.05) is 0 Å². The molecule has 0 aliphatic rings. The third-order valence-electron chi connectivity index (χ3n) is 3.01. The fourth-order valence-electron chi connectivity index (χ4n) is 1.76. The summed E-state index contributed by atoms with van der Waals surface area (Å²) in [5, 5.41) is 15.8. The van der Waals surface area contributed by atoms with Crippen LogP contribution in [0.4, 0.5) is 0 Å². The molecule has 0 amide bonds. The van der Waals surface area contributed by atoms with E-state index in [4.69, 9.17) is 21.7 Å². The van der Waals surface area contributed by atoms with Gasteiger partial charge in [0.05, 0.1) is 24.2 Å². The number of carbonyl (C=O) groups is 2. The lowest BCUT2D eigenvalue weighted by atomic mass is 10.1. The summed E-state index contributed by atoms with van der Waals surface area (Å²) in [5.41, 5.74) is 15.2. The van der Waals surface area contributed by atoms with Gasteiger partial charge in [0.1, 0.15) is 0 Å². The van der Waals surface area contributed by atoms with Gasteiger partial charge in [-0.05, 0) is 11.1 Å². The minimum Gasteiger partial charge on any atom is -0.481 e. The van der Waals surface area contributed by atoms with Crippen LogP contribution in [0.2, 0.25) is 0 Å². The number of hydrogen-bond acceptors (Lipinski definition) is 4. The standard InChI is InChI=1S/C14H14N2.C4H6O4/c15-13(11-7-3-1-4-8-11)14(16)12-9-5-2-6-10-12;5-3(6)1-2-4(7)8/h1-10H,15-16H2;1-2H2,(H,5,6)(H,7,8). The van der Waals surface area contributed by atoms with Crippen LogP contribution in [-0.2, 0) is 9.59 Å². The Morgan fingerprint density at radius 1 is 0.667 bits per heavy atom. The minimum absolute atomic E-state index is 0.296. The van der Waals surface area contributed by atoms with E-state index in [1.807, 2.05) is 60.7 Å². The normalized spacial score (nSPS) is 10.8. The van der Waals surface area contributed by atoms with Gasteiger partial charge < -0.3 is 21.7 Å². The Labute approximate surface area is 140 Å². The molecule has 0 saturated carbocycles. The molecule has 0 aromatic heterocycles. The van der Waals surface area contributed by atoms with E-state index in [1.165, 1.54) is 0 Å². The average molecular weight is 328 g/mol. The molecule has 0 fully saturated rings. The molecule has 24 heavy (non-hydrogen) atoms. The molecule has 0 bridgehead atoms. The quantitative estimate of drug-likeness (QED) is 0.624. The summed E-state index contributed by atoms with van der Waals surface area (Å²) >= 11 is 0. The molecular weight excluding hydrogens is 308 g/mol. The van der Waals surface area contributed by atoms with Gasteiger partial charge in [-0.1, -0.05) is 60.7 Å². The highest BCUT2D eigenvalue weighted by Crippen LogP contribution is 2.17. The maximum Gasteiger partial charge on any atom is 0.303 e. The van der Waals surface area contributed by atoms with Crippen LogP contribution in [0.15, 0.2) is 60.7 Å². The molecule has 0 aliphatic heterocycles. The van der Waals surface area contributed by atoms with Gasteiger partial charge in [0.25, 0.3) is 0 Å². The van der Waals surface area contributed by atoms with Crippen molar-refractivity contribution in [3.63, 3.8) is 0 Å². The molecule has 126 valence electrons. The van der Waals surface area contributed by atoms with E-state index in [-0.39, 0.29) is 12.8 Å². The lowest BCUT2D eigenvalue weighted by molar-refractivity contribution is -0.143. The van der Waals surface area contributed by atoms with Gasteiger partial charge in [-0.2, -0.15) is 0 Å². The number of nitrogens with two attached hydrogens (primary N) is 2. The Hall–Kier alpha value is -3.28. The Balaban J connectivity index is 0.000000307. The second-order valence-corrected chi connectivity index (χ2v) is 4.85. The van der Waals surface area contributed by atoms with Gasteiger partial charge in [0.15, 0.2) is 0 Å². The predicted molar refractivity (Wildman–Crippen MR) is 92.6 cm³/mol. The highest BCUT2D eigenvalue weighted by molar-refractivity contribution is 5.87. The van der Waals surface area contributed by atoms with E-state index in [2.05, 4.69) is 0 Å². The first-order chi connectivity index (χ1) is 11.4. The Bertz CT molecular complexity index is 636. The minimum atomic E-state index is -1.08. The molecule has 6 nitrogen and oxygen atoms in total. The number of carboxylic acids is 2. The summed E-state index contributed by atoms with van der Waals surface area (Å²) in [6, 6.07) is 19.5.